The average Bonchev–Trinajstić information content (AvgIpc) is 3.28. The highest BCUT2D eigenvalue weighted by Gasteiger charge is 2.30. The SMILES string of the molecule is C#CCOc1ccc(C(=O)NC(CC2CC2)C(=O)O)cc1. The fourth-order valence-corrected chi connectivity index (χ4v) is 1.98. The predicted molar refractivity (Wildman–Crippen MR) is 77.0 cm³/mol. The van der Waals surface area contributed by atoms with Gasteiger partial charge in [-0.15, -0.1) is 6.42 Å². The van der Waals surface area contributed by atoms with Crippen molar-refractivity contribution in [1.82, 2.24) is 5.32 Å². The number of hydrogen-bond donors (Lipinski definition) is 2. The monoisotopic (exact) mass is 287 g/mol. The summed E-state index contributed by atoms with van der Waals surface area (Å²) in [4.78, 5) is 23.2. The molecule has 2 rings (SSSR count). The minimum absolute atomic E-state index is 0.161. The first-order chi connectivity index (χ1) is 10.1. The molecule has 21 heavy (non-hydrogen) atoms. The van der Waals surface area contributed by atoms with E-state index in [9.17, 15) is 9.59 Å². The van der Waals surface area contributed by atoms with Crippen molar-refractivity contribution in [3.05, 3.63) is 29.8 Å². The smallest absolute Gasteiger partial charge is 0.326 e. The third kappa shape index (κ3) is 4.53. The summed E-state index contributed by atoms with van der Waals surface area (Å²) in [5, 5.41) is 11.7. The number of carboxylic acid groups (broad SMARTS) is 1. The van der Waals surface area contributed by atoms with Crippen LogP contribution in [0.25, 0.3) is 0 Å². The van der Waals surface area contributed by atoms with Crippen molar-refractivity contribution in [2.24, 2.45) is 5.92 Å². The van der Waals surface area contributed by atoms with Gasteiger partial charge in [-0.25, -0.2) is 4.79 Å². The summed E-state index contributed by atoms with van der Waals surface area (Å²) in [6, 6.07) is 5.59. The number of ether oxygens (including phenoxy) is 1. The molecule has 1 fully saturated rings. The third-order valence-corrected chi connectivity index (χ3v) is 3.31. The van der Waals surface area contributed by atoms with Crippen LogP contribution in [0, 0.1) is 18.3 Å². The topological polar surface area (TPSA) is 75.6 Å². The zero-order valence-corrected chi connectivity index (χ0v) is 11.5. The van der Waals surface area contributed by atoms with Gasteiger partial charge in [0.1, 0.15) is 18.4 Å². The normalized spacial score (nSPS) is 14.8. The van der Waals surface area contributed by atoms with Gasteiger partial charge in [0.15, 0.2) is 0 Å². The molecule has 110 valence electrons. The van der Waals surface area contributed by atoms with Crippen LogP contribution in [0.1, 0.15) is 29.6 Å². The Hall–Kier alpha value is -2.48. The molecule has 1 atom stereocenters. The van der Waals surface area contributed by atoms with Crippen molar-refractivity contribution in [2.75, 3.05) is 6.61 Å². The molecule has 1 aromatic carbocycles. The van der Waals surface area contributed by atoms with E-state index in [2.05, 4.69) is 11.2 Å². The van der Waals surface area contributed by atoms with Crippen LogP contribution in [0.15, 0.2) is 24.3 Å². The second-order valence-electron chi connectivity index (χ2n) is 5.06. The molecule has 1 aromatic rings. The van der Waals surface area contributed by atoms with Crippen LogP contribution in [0.4, 0.5) is 0 Å². The quantitative estimate of drug-likeness (QED) is 0.748. The van der Waals surface area contributed by atoms with Crippen LogP contribution in [-0.2, 0) is 4.79 Å². The lowest BCUT2D eigenvalue weighted by Gasteiger charge is -2.14. The van der Waals surface area contributed by atoms with Crippen molar-refractivity contribution in [3.8, 4) is 18.1 Å². The number of carbonyl (C=O) groups is 2. The first-order valence-electron chi connectivity index (χ1n) is 6.80. The Labute approximate surface area is 123 Å². The van der Waals surface area contributed by atoms with E-state index >= 15 is 0 Å². The number of amides is 1. The zero-order valence-electron chi connectivity index (χ0n) is 11.5. The highest BCUT2D eigenvalue weighted by atomic mass is 16.5. The molecular formula is C16H17NO4. The number of hydrogen-bond acceptors (Lipinski definition) is 3. The maximum atomic E-state index is 12.0. The molecule has 0 bridgehead atoms. The number of terminal acetylenes is 1. The number of carboxylic acids is 1. The molecule has 0 aromatic heterocycles. The lowest BCUT2D eigenvalue weighted by atomic mass is 10.1. The van der Waals surface area contributed by atoms with Crippen LogP contribution in [0.2, 0.25) is 0 Å². The minimum atomic E-state index is -0.996. The molecule has 0 spiro atoms. The van der Waals surface area contributed by atoms with Gasteiger partial charge < -0.3 is 15.2 Å². The van der Waals surface area contributed by atoms with Gasteiger partial charge in [0.25, 0.3) is 5.91 Å². The van der Waals surface area contributed by atoms with E-state index in [1.807, 2.05) is 0 Å². The lowest BCUT2D eigenvalue weighted by Crippen LogP contribution is -2.41. The van der Waals surface area contributed by atoms with Crippen LogP contribution < -0.4 is 10.1 Å². The van der Waals surface area contributed by atoms with Gasteiger partial charge in [-0.1, -0.05) is 18.8 Å². The number of benzene rings is 1. The van der Waals surface area contributed by atoms with Crippen LogP contribution in [0.3, 0.4) is 0 Å². The van der Waals surface area contributed by atoms with Gasteiger partial charge in [-0.3, -0.25) is 4.79 Å². The third-order valence-electron chi connectivity index (χ3n) is 3.31. The molecule has 0 aliphatic heterocycles. The molecule has 1 aliphatic carbocycles. The fourth-order valence-electron chi connectivity index (χ4n) is 1.98. The Bertz CT molecular complexity index is 555. The molecule has 1 saturated carbocycles. The number of nitrogens with one attached hydrogen (secondary N) is 1. The molecule has 0 heterocycles. The van der Waals surface area contributed by atoms with Crippen molar-refractivity contribution in [1.29, 1.82) is 0 Å². The Balaban J connectivity index is 1.94. The maximum Gasteiger partial charge on any atom is 0.326 e. The molecule has 0 radical (unpaired) electrons. The van der Waals surface area contributed by atoms with E-state index in [-0.39, 0.29) is 6.61 Å². The van der Waals surface area contributed by atoms with Gasteiger partial charge in [0, 0.05) is 5.56 Å². The predicted octanol–water partition coefficient (Wildman–Crippen LogP) is 1.68. The first-order valence-corrected chi connectivity index (χ1v) is 6.80. The zero-order chi connectivity index (χ0) is 15.2. The average molecular weight is 287 g/mol. The van der Waals surface area contributed by atoms with Gasteiger partial charge in [0.2, 0.25) is 0 Å². The summed E-state index contributed by atoms with van der Waals surface area (Å²) >= 11 is 0. The number of carbonyl (C=O) groups excluding carboxylic acids is 1. The van der Waals surface area contributed by atoms with E-state index < -0.39 is 17.9 Å². The largest absolute Gasteiger partial charge is 0.481 e. The summed E-state index contributed by atoms with van der Waals surface area (Å²) < 4.78 is 5.21. The minimum Gasteiger partial charge on any atom is -0.481 e. The van der Waals surface area contributed by atoms with Crippen LogP contribution >= 0.6 is 0 Å². The van der Waals surface area contributed by atoms with E-state index in [0.717, 1.165) is 12.8 Å². The van der Waals surface area contributed by atoms with E-state index in [1.165, 1.54) is 0 Å². The molecule has 1 amide bonds. The Morgan fingerprint density at radius 1 is 1.38 bits per heavy atom. The number of rotatable bonds is 7. The molecule has 5 heteroatoms. The van der Waals surface area contributed by atoms with Crippen molar-refractivity contribution >= 4 is 11.9 Å². The van der Waals surface area contributed by atoms with E-state index in [0.29, 0.717) is 23.7 Å². The van der Waals surface area contributed by atoms with Gasteiger partial charge in [0.05, 0.1) is 0 Å². The van der Waals surface area contributed by atoms with E-state index in [4.69, 9.17) is 16.3 Å². The van der Waals surface area contributed by atoms with Crippen molar-refractivity contribution in [2.45, 2.75) is 25.3 Å². The lowest BCUT2D eigenvalue weighted by molar-refractivity contribution is -0.139. The molecule has 0 saturated heterocycles. The van der Waals surface area contributed by atoms with Crippen LogP contribution in [0.5, 0.6) is 5.75 Å². The highest BCUT2D eigenvalue weighted by Crippen LogP contribution is 2.33. The summed E-state index contributed by atoms with van der Waals surface area (Å²) in [6.07, 6.45) is 7.66. The van der Waals surface area contributed by atoms with Gasteiger partial charge in [-0.2, -0.15) is 0 Å². The summed E-state index contributed by atoms with van der Waals surface area (Å²) in [6.45, 7) is 0.161. The van der Waals surface area contributed by atoms with Gasteiger partial charge in [-0.05, 0) is 36.6 Å². The van der Waals surface area contributed by atoms with Crippen molar-refractivity contribution in [3.63, 3.8) is 0 Å². The standard InChI is InChI=1S/C16H17NO4/c1-2-9-21-13-7-5-12(6-8-13)15(18)17-14(16(19)20)10-11-3-4-11/h1,5-8,11,14H,3-4,9-10H2,(H,17,18)(H,19,20). The fraction of sp³-hybridized carbons (Fsp3) is 0.375. The number of aliphatic carboxylic acids is 1. The molecule has 1 unspecified atom stereocenters. The summed E-state index contributed by atoms with van der Waals surface area (Å²) in [7, 11) is 0. The first kappa shape index (κ1) is 14.9. The van der Waals surface area contributed by atoms with E-state index in [1.54, 1.807) is 24.3 Å². The molecule has 5 nitrogen and oxygen atoms in total. The van der Waals surface area contributed by atoms with Crippen molar-refractivity contribution < 1.29 is 19.4 Å². The molecular weight excluding hydrogens is 270 g/mol. The molecule has 1 aliphatic rings. The Morgan fingerprint density at radius 2 is 2.05 bits per heavy atom. The molecule has 2 N–H and O–H groups in total. The Kier molecular flexibility index (Phi) is 4.83. The highest BCUT2D eigenvalue weighted by molar-refractivity contribution is 5.96. The second kappa shape index (κ2) is 6.80. The summed E-state index contributed by atoms with van der Waals surface area (Å²) in [5.41, 5.74) is 0.394. The second-order valence-corrected chi connectivity index (χ2v) is 5.06. The Morgan fingerprint density at radius 3 is 2.57 bits per heavy atom. The maximum absolute atomic E-state index is 12.0. The summed E-state index contributed by atoms with van der Waals surface area (Å²) in [5.74, 6) is 1.95. The van der Waals surface area contributed by atoms with Crippen LogP contribution in [-0.4, -0.2) is 29.6 Å². The van der Waals surface area contributed by atoms with Gasteiger partial charge >= 0.3 is 5.97 Å².